The van der Waals surface area contributed by atoms with Gasteiger partial charge in [0.2, 0.25) is 0 Å². The van der Waals surface area contributed by atoms with Crippen molar-refractivity contribution < 1.29 is 4.42 Å². The van der Waals surface area contributed by atoms with Crippen molar-refractivity contribution in [3.8, 4) is 44.5 Å². The maximum absolute atomic E-state index is 6.98. The zero-order valence-corrected chi connectivity index (χ0v) is 36.7. The summed E-state index contributed by atoms with van der Waals surface area (Å²) in [7, 11) is 0. The number of fused-ring (bicyclic) bond motifs is 8. The van der Waals surface area contributed by atoms with E-state index in [1.54, 1.807) is 0 Å². The van der Waals surface area contributed by atoms with Crippen molar-refractivity contribution in [1.82, 2.24) is 0 Å². The molecule has 0 bridgehead atoms. The number of para-hydroxylation sites is 1. The molecule has 0 aliphatic heterocycles. The Kier molecular flexibility index (Phi) is 9.11. The predicted octanol–water partition coefficient (Wildman–Crippen LogP) is 17.6. The van der Waals surface area contributed by atoms with Crippen LogP contribution in [0.25, 0.3) is 77.2 Å². The highest BCUT2D eigenvalue weighted by Gasteiger charge is 2.46. The summed E-state index contributed by atoms with van der Waals surface area (Å²) in [6.45, 7) is 0. The summed E-state index contributed by atoms with van der Waals surface area (Å²) in [4.78, 5) is 2.37. The van der Waals surface area contributed by atoms with Crippen LogP contribution in [0.1, 0.15) is 22.3 Å². The maximum atomic E-state index is 6.98. The summed E-state index contributed by atoms with van der Waals surface area (Å²) >= 11 is 0. The van der Waals surface area contributed by atoms with E-state index in [9.17, 15) is 0 Å². The predicted molar refractivity (Wildman–Crippen MR) is 280 cm³/mol. The first-order valence-electron chi connectivity index (χ1n) is 23.1. The van der Waals surface area contributed by atoms with Crippen molar-refractivity contribution in [2.24, 2.45) is 0 Å². The zero-order chi connectivity index (χ0) is 44.3. The average Bonchev–Trinajstić information content (AvgIpc) is 3.94. The highest BCUT2D eigenvalue weighted by molar-refractivity contribution is 6.22. The maximum Gasteiger partial charge on any atom is 0.143 e. The Balaban J connectivity index is 1.05. The summed E-state index contributed by atoms with van der Waals surface area (Å²) in [5.41, 5.74) is 19.1. The van der Waals surface area contributed by atoms with Gasteiger partial charge < -0.3 is 9.32 Å². The van der Waals surface area contributed by atoms with E-state index < -0.39 is 5.41 Å². The molecular formula is C65H43NO. The summed E-state index contributed by atoms with van der Waals surface area (Å²) in [5.74, 6) is 0. The van der Waals surface area contributed by atoms with Crippen LogP contribution in [0, 0.1) is 0 Å². The molecule has 0 amide bonds. The highest BCUT2D eigenvalue weighted by Crippen LogP contribution is 2.58. The molecule has 1 aromatic heterocycles. The van der Waals surface area contributed by atoms with E-state index in [2.05, 4.69) is 266 Å². The van der Waals surface area contributed by atoms with Gasteiger partial charge in [-0.25, -0.2) is 0 Å². The standard InChI is InChI=1S/C65H43NO/c1-6-19-44(20-7-1)46-33-37-52(38-34-46)66(51-27-14-5-15-28-51)61-31-18-32-62-63(61)58-43-56(53-29-16-17-30-55(53)64(58)67-62)48-35-39-54-57-41-47(45-21-8-2-9-22-45)36-40-59(57)65(60(54)42-48,49-23-10-3-11-24-49)50-25-12-4-13-26-50/h1-43H. The summed E-state index contributed by atoms with van der Waals surface area (Å²) < 4.78 is 6.98. The Morgan fingerprint density at radius 2 is 0.851 bits per heavy atom. The average molecular weight is 854 g/mol. The van der Waals surface area contributed by atoms with Crippen LogP contribution in [0.3, 0.4) is 0 Å². The number of rotatable bonds is 8. The molecule has 2 nitrogen and oxygen atoms in total. The Bertz CT molecular complexity index is 3730. The minimum absolute atomic E-state index is 0.555. The van der Waals surface area contributed by atoms with E-state index in [-0.39, 0.29) is 0 Å². The number of nitrogens with zero attached hydrogens (tertiary/aromatic N) is 1. The highest BCUT2D eigenvalue weighted by atomic mass is 16.3. The normalized spacial score (nSPS) is 12.6. The van der Waals surface area contributed by atoms with E-state index in [0.717, 1.165) is 60.9 Å². The third kappa shape index (κ3) is 6.18. The van der Waals surface area contributed by atoms with Gasteiger partial charge in [-0.2, -0.15) is 0 Å². The van der Waals surface area contributed by atoms with Crippen molar-refractivity contribution in [2.45, 2.75) is 5.41 Å². The second-order valence-electron chi connectivity index (χ2n) is 17.6. The molecule has 0 fully saturated rings. The Morgan fingerprint density at radius 3 is 1.52 bits per heavy atom. The Morgan fingerprint density at radius 1 is 0.313 bits per heavy atom. The van der Waals surface area contributed by atoms with Crippen LogP contribution in [0.5, 0.6) is 0 Å². The SMILES string of the molecule is c1ccc(-c2ccc(N(c3ccccc3)c3cccc4oc5c6ccccc6c(-c6ccc7c(c6)C(c6ccccc6)(c6ccccc6)c6ccc(-c8ccccc8)cc6-7)cc5c34)cc2)cc1. The first-order chi connectivity index (χ1) is 33.2. The number of furan rings is 1. The minimum atomic E-state index is -0.555. The van der Waals surface area contributed by atoms with Crippen molar-refractivity contribution in [3.05, 3.63) is 283 Å². The first-order valence-corrected chi connectivity index (χ1v) is 23.1. The molecule has 13 rings (SSSR count). The van der Waals surface area contributed by atoms with Crippen LogP contribution in [-0.2, 0) is 5.41 Å². The van der Waals surface area contributed by atoms with Crippen LogP contribution in [-0.4, -0.2) is 0 Å². The van der Waals surface area contributed by atoms with Gasteiger partial charge in [-0.3, -0.25) is 0 Å². The zero-order valence-electron chi connectivity index (χ0n) is 36.7. The molecule has 0 saturated carbocycles. The fourth-order valence-corrected chi connectivity index (χ4v) is 11.0. The molecule has 11 aromatic carbocycles. The molecule has 67 heavy (non-hydrogen) atoms. The smallest absolute Gasteiger partial charge is 0.143 e. The lowest BCUT2D eigenvalue weighted by Crippen LogP contribution is -2.28. The van der Waals surface area contributed by atoms with Crippen LogP contribution < -0.4 is 4.90 Å². The second-order valence-corrected chi connectivity index (χ2v) is 17.6. The van der Waals surface area contributed by atoms with E-state index >= 15 is 0 Å². The van der Waals surface area contributed by atoms with Crippen molar-refractivity contribution in [1.29, 1.82) is 0 Å². The van der Waals surface area contributed by atoms with Gasteiger partial charge in [0, 0.05) is 22.1 Å². The van der Waals surface area contributed by atoms with Crippen molar-refractivity contribution in [2.75, 3.05) is 4.90 Å². The number of hydrogen-bond acceptors (Lipinski definition) is 2. The van der Waals surface area contributed by atoms with E-state index in [1.807, 2.05) is 0 Å². The van der Waals surface area contributed by atoms with Crippen LogP contribution in [0.15, 0.2) is 265 Å². The van der Waals surface area contributed by atoms with Gasteiger partial charge in [0.15, 0.2) is 0 Å². The van der Waals surface area contributed by atoms with Crippen LogP contribution in [0.2, 0.25) is 0 Å². The molecule has 1 heterocycles. The second kappa shape index (κ2) is 15.8. The van der Waals surface area contributed by atoms with Gasteiger partial charge in [-0.1, -0.05) is 206 Å². The molecule has 0 radical (unpaired) electrons. The third-order valence-electron chi connectivity index (χ3n) is 13.9. The summed E-state index contributed by atoms with van der Waals surface area (Å²) in [6.07, 6.45) is 0. The van der Waals surface area contributed by atoms with Crippen LogP contribution in [0.4, 0.5) is 17.1 Å². The lowest BCUT2D eigenvalue weighted by molar-refractivity contribution is 0.672. The summed E-state index contributed by atoms with van der Waals surface area (Å²) in [5, 5.41) is 4.39. The molecule has 0 saturated heterocycles. The molecular weight excluding hydrogens is 811 g/mol. The van der Waals surface area contributed by atoms with Crippen molar-refractivity contribution in [3.63, 3.8) is 0 Å². The van der Waals surface area contributed by atoms with Gasteiger partial charge in [-0.15, -0.1) is 0 Å². The molecule has 2 heteroatoms. The van der Waals surface area contributed by atoms with Gasteiger partial charge in [-0.05, 0) is 127 Å². The minimum Gasteiger partial charge on any atom is -0.455 e. The molecule has 0 spiro atoms. The van der Waals surface area contributed by atoms with Gasteiger partial charge in [0.05, 0.1) is 16.5 Å². The molecule has 12 aromatic rings. The number of benzene rings is 11. The van der Waals surface area contributed by atoms with E-state index in [1.165, 1.54) is 55.6 Å². The molecule has 0 N–H and O–H groups in total. The van der Waals surface area contributed by atoms with Gasteiger partial charge in [0.1, 0.15) is 11.2 Å². The molecule has 0 unspecified atom stereocenters. The number of hydrogen-bond donors (Lipinski definition) is 0. The molecule has 0 atom stereocenters. The van der Waals surface area contributed by atoms with Crippen molar-refractivity contribution >= 4 is 49.8 Å². The van der Waals surface area contributed by atoms with Gasteiger partial charge >= 0.3 is 0 Å². The third-order valence-corrected chi connectivity index (χ3v) is 13.9. The topological polar surface area (TPSA) is 16.4 Å². The van der Waals surface area contributed by atoms with E-state index in [0.29, 0.717) is 0 Å². The Labute approximate surface area is 390 Å². The fraction of sp³-hybridized carbons (Fsp3) is 0.0154. The fourth-order valence-electron chi connectivity index (χ4n) is 11.0. The quantitative estimate of drug-likeness (QED) is 0.151. The first kappa shape index (κ1) is 38.7. The largest absolute Gasteiger partial charge is 0.455 e. The Hall–Kier alpha value is -8.72. The number of anilines is 3. The summed E-state index contributed by atoms with van der Waals surface area (Å²) in [6, 6.07) is 94.9. The molecule has 1 aliphatic carbocycles. The molecule has 1 aliphatic rings. The molecule has 314 valence electrons. The van der Waals surface area contributed by atoms with E-state index in [4.69, 9.17) is 4.42 Å². The van der Waals surface area contributed by atoms with Gasteiger partial charge in [0.25, 0.3) is 0 Å². The lowest BCUT2D eigenvalue weighted by atomic mass is 9.67. The van der Waals surface area contributed by atoms with Crippen LogP contribution >= 0.6 is 0 Å². The lowest BCUT2D eigenvalue weighted by Gasteiger charge is -2.34. The monoisotopic (exact) mass is 853 g/mol.